The number of aryl methyl sites for hydroxylation is 1. The number of carbonyl (C=O) groups excluding carboxylic acids is 2. The normalized spacial score (nSPS) is 23.4. The zero-order valence-corrected chi connectivity index (χ0v) is 32.9. The summed E-state index contributed by atoms with van der Waals surface area (Å²) in [6, 6.07) is 22.1. The first-order valence-electron chi connectivity index (χ1n) is 18.9. The van der Waals surface area contributed by atoms with Gasteiger partial charge in [0.2, 0.25) is 5.91 Å². The lowest BCUT2D eigenvalue weighted by molar-refractivity contribution is -0.146. The molecule has 7 rings (SSSR count). The average molecular weight is 756 g/mol. The van der Waals surface area contributed by atoms with Crippen LogP contribution in [0, 0.1) is 5.92 Å². The molecule has 0 aliphatic carbocycles. The number of amides is 2. The van der Waals surface area contributed by atoms with E-state index in [2.05, 4.69) is 42.5 Å². The van der Waals surface area contributed by atoms with Crippen LogP contribution in [0.4, 0.5) is 11.4 Å². The molecule has 4 aromatic rings. The van der Waals surface area contributed by atoms with Crippen molar-refractivity contribution in [1.29, 1.82) is 0 Å². The number of benzene rings is 3. The Morgan fingerprint density at radius 1 is 1.02 bits per heavy atom. The molecule has 53 heavy (non-hydrogen) atoms. The first-order valence-corrected chi connectivity index (χ1v) is 22.4. The Morgan fingerprint density at radius 2 is 1.77 bits per heavy atom. The highest BCUT2D eigenvalue weighted by atomic mass is 35.5. The van der Waals surface area contributed by atoms with E-state index in [4.69, 9.17) is 21.1 Å². The van der Waals surface area contributed by atoms with Gasteiger partial charge in [-0.05, 0) is 72.8 Å². The average Bonchev–Trinajstić information content (AvgIpc) is 3.79. The number of hydrogen-bond donors (Lipinski definition) is 1. The minimum atomic E-state index is -2.34. The van der Waals surface area contributed by atoms with E-state index in [1.807, 2.05) is 70.6 Å². The fourth-order valence-corrected chi connectivity index (χ4v) is 13.3. The van der Waals surface area contributed by atoms with Crippen LogP contribution < -0.4 is 19.7 Å². The maximum atomic E-state index is 15.2. The molecule has 2 amide bonds. The molecule has 0 radical (unpaired) electrons. The minimum absolute atomic E-state index is 0.0109. The lowest BCUT2D eigenvalue weighted by atomic mass is 9.82. The van der Waals surface area contributed by atoms with Gasteiger partial charge in [0, 0.05) is 60.9 Å². The Labute approximate surface area is 318 Å². The summed E-state index contributed by atoms with van der Waals surface area (Å²) in [6.07, 6.45) is 7.44. The summed E-state index contributed by atoms with van der Waals surface area (Å²) in [5, 5.41) is 19.8. The van der Waals surface area contributed by atoms with E-state index in [0.717, 1.165) is 66.2 Å². The van der Waals surface area contributed by atoms with Crippen LogP contribution in [-0.2, 0) is 39.4 Å². The largest absolute Gasteiger partial charge is 0.497 e. The molecule has 1 aromatic heterocycles. The van der Waals surface area contributed by atoms with Gasteiger partial charge < -0.3 is 24.4 Å². The predicted molar refractivity (Wildman–Crippen MR) is 210 cm³/mol. The van der Waals surface area contributed by atoms with Crippen LogP contribution in [0.25, 0.3) is 0 Å². The van der Waals surface area contributed by atoms with Gasteiger partial charge in [-0.2, -0.15) is 0 Å². The van der Waals surface area contributed by atoms with E-state index >= 15 is 4.79 Å². The minimum Gasteiger partial charge on any atom is -0.497 e. The molecule has 0 saturated carbocycles. The number of aliphatic hydroxyl groups excluding tert-OH is 1. The van der Waals surface area contributed by atoms with Gasteiger partial charge in [0.25, 0.3) is 5.91 Å². The fourth-order valence-electron chi connectivity index (χ4n) is 9.05. The third-order valence-corrected chi connectivity index (χ3v) is 16.4. The Hall–Kier alpha value is -4.03. The zero-order valence-electron chi connectivity index (χ0n) is 31.1. The summed E-state index contributed by atoms with van der Waals surface area (Å²) >= 11 is 6.71. The number of ether oxygens (including phenoxy) is 2. The quantitative estimate of drug-likeness (QED) is 0.171. The second kappa shape index (κ2) is 15.4. The highest BCUT2D eigenvalue weighted by molar-refractivity contribution is 6.91. The van der Waals surface area contributed by atoms with Crippen molar-refractivity contribution < 1.29 is 24.2 Å². The molecule has 280 valence electrons. The molecule has 2 saturated heterocycles. The topological polar surface area (TPSA) is 110 Å². The smallest absolute Gasteiger partial charge is 0.264 e. The van der Waals surface area contributed by atoms with Gasteiger partial charge in [0.15, 0.2) is 5.60 Å². The number of halogens is 1. The SMILES string of the molecule is COc1ccc([Si](C)(C)[C@@H]2[C@@H](CCn3cc(CCO)nn3)O[C@]3(C(=O)N(Cc4ccc(N5CCCCCCC5=O)cc4)c4ccc(Cl)cc43)[C@H]2C)cc1. The van der Waals surface area contributed by atoms with Crippen LogP contribution in [0.2, 0.25) is 23.7 Å². The van der Waals surface area contributed by atoms with Crippen LogP contribution in [-0.4, -0.2) is 66.4 Å². The van der Waals surface area contributed by atoms with Crippen LogP contribution in [0.3, 0.4) is 0 Å². The molecule has 12 heteroatoms. The molecular weight excluding hydrogens is 706 g/mol. The highest BCUT2D eigenvalue weighted by Crippen LogP contribution is 2.60. The summed E-state index contributed by atoms with van der Waals surface area (Å²) in [5.74, 6) is 0.723. The van der Waals surface area contributed by atoms with Crippen molar-refractivity contribution in [3.63, 3.8) is 0 Å². The van der Waals surface area contributed by atoms with Gasteiger partial charge in [-0.25, -0.2) is 0 Å². The van der Waals surface area contributed by atoms with Gasteiger partial charge >= 0.3 is 0 Å². The highest BCUT2D eigenvalue weighted by Gasteiger charge is 2.66. The number of carbonyl (C=O) groups is 2. The Balaban J connectivity index is 1.22. The summed E-state index contributed by atoms with van der Waals surface area (Å²) in [4.78, 5) is 31.9. The van der Waals surface area contributed by atoms with E-state index in [1.165, 1.54) is 5.19 Å². The van der Waals surface area contributed by atoms with Gasteiger partial charge in [-0.15, -0.1) is 5.10 Å². The molecule has 0 bridgehead atoms. The number of rotatable bonds is 11. The summed E-state index contributed by atoms with van der Waals surface area (Å²) < 4.78 is 14.6. The maximum absolute atomic E-state index is 15.2. The molecule has 10 nitrogen and oxygen atoms in total. The van der Waals surface area contributed by atoms with Crippen LogP contribution in [0.15, 0.2) is 72.9 Å². The van der Waals surface area contributed by atoms with E-state index < -0.39 is 13.7 Å². The Morgan fingerprint density at radius 3 is 2.51 bits per heavy atom. The zero-order chi connectivity index (χ0) is 37.3. The van der Waals surface area contributed by atoms with E-state index in [0.29, 0.717) is 37.4 Å². The molecule has 0 unspecified atom stereocenters. The lowest BCUT2D eigenvalue weighted by Gasteiger charge is -2.37. The molecule has 1 spiro atoms. The van der Waals surface area contributed by atoms with E-state index in [9.17, 15) is 9.90 Å². The van der Waals surface area contributed by atoms with Crippen molar-refractivity contribution in [2.45, 2.75) is 95.3 Å². The van der Waals surface area contributed by atoms with Crippen molar-refractivity contribution in [2.75, 3.05) is 30.1 Å². The van der Waals surface area contributed by atoms with Crippen LogP contribution in [0.5, 0.6) is 5.75 Å². The van der Waals surface area contributed by atoms with E-state index in [1.54, 1.807) is 11.8 Å². The third kappa shape index (κ3) is 7.04. The van der Waals surface area contributed by atoms with Crippen LogP contribution >= 0.6 is 11.6 Å². The number of methoxy groups -OCH3 is 1. The summed E-state index contributed by atoms with van der Waals surface area (Å²) in [6.45, 7) is 8.58. The number of nitrogens with zero attached hydrogens (tertiary/aromatic N) is 5. The molecular formula is C41H50ClN5O5Si. The second-order valence-electron chi connectivity index (χ2n) is 15.3. The second-order valence-corrected chi connectivity index (χ2v) is 20.4. The van der Waals surface area contributed by atoms with Crippen LogP contribution in [0.1, 0.15) is 62.3 Å². The standard InChI is InChI=1S/C41H50ClN5O5Si/c1-28-39(53(3,4)34-17-15-33(51-2)16-18-34)37(20-23-45-27-31(21-24-48)43-44-45)52-41(28)35-25-30(42)12-19-36(35)47(40(41)50)26-29-10-13-32(14-11-29)46-22-8-6-5-7-9-38(46)49/h10-19,25,27-28,37,39,48H,5-9,20-24,26H2,1-4H3/t28-,37+,39-,41+/m0/s1. The first kappa shape index (κ1) is 37.3. The molecule has 1 N–H and O–H groups in total. The predicted octanol–water partition coefficient (Wildman–Crippen LogP) is 6.63. The van der Waals surface area contributed by atoms with Gasteiger partial charge in [0.05, 0.1) is 39.2 Å². The third-order valence-electron chi connectivity index (χ3n) is 11.8. The lowest BCUT2D eigenvalue weighted by Crippen LogP contribution is -2.51. The monoisotopic (exact) mass is 755 g/mol. The first-order chi connectivity index (χ1) is 25.6. The number of fused-ring (bicyclic) bond motifs is 2. The summed E-state index contributed by atoms with van der Waals surface area (Å²) in [7, 11) is -0.665. The van der Waals surface area contributed by atoms with Crippen molar-refractivity contribution in [3.05, 3.63) is 94.8 Å². The molecule has 3 aliphatic rings. The Kier molecular flexibility index (Phi) is 10.8. The van der Waals surface area contributed by atoms with Gasteiger partial charge in [-0.1, -0.05) is 79.1 Å². The molecule has 3 aliphatic heterocycles. The number of anilines is 2. The number of aliphatic hydroxyl groups is 1. The van der Waals surface area contributed by atoms with E-state index in [-0.39, 0.29) is 36.0 Å². The van der Waals surface area contributed by atoms with Gasteiger partial charge in [-0.3, -0.25) is 14.3 Å². The van der Waals surface area contributed by atoms with Crippen molar-refractivity contribution in [2.24, 2.45) is 5.92 Å². The maximum Gasteiger partial charge on any atom is 0.264 e. The van der Waals surface area contributed by atoms with Crippen molar-refractivity contribution in [3.8, 4) is 5.75 Å². The Bertz CT molecular complexity index is 1940. The number of hydrogen-bond acceptors (Lipinski definition) is 7. The molecule has 4 heterocycles. The number of aromatic nitrogens is 3. The van der Waals surface area contributed by atoms with Crippen molar-refractivity contribution >= 4 is 48.1 Å². The fraction of sp³-hybridized carbons (Fsp3) is 0.463. The summed E-state index contributed by atoms with van der Waals surface area (Å²) in [5.41, 5.74) is 3.05. The molecule has 2 fully saturated rings. The van der Waals surface area contributed by atoms with Crippen molar-refractivity contribution in [1.82, 2.24) is 15.0 Å². The molecule has 4 atom stereocenters. The molecule has 3 aromatic carbocycles. The van der Waals surface area contributed by atoms with Gasteiger partial charge in [0.1, 0.15) is 5.75 Å².